The summed E-state index contributed by atoms with van der Waals surface area (Å²) in [6, 6.07) is 15.4. The monoisotopic (exact) mass is 405 g/mol. The summed E-state index contributed by atoms with van der Waals surface area (Å²) in [5.41, 5.74) is -0.00364. The van der Waals surface area contributed by atoms with Gasteiger partial charge in [0, 0.05) is 0 Å². The summed E-state index contributed by atoms with van der Waals surface area (Å²) in [7, 11) is 0. The summed E-state index contributed by atoms with van der Waals surface area (Å²) in [6.45, 7) is 0.108. The van der Waals surface area contributed by atoms with Crippen LogP contribution < -0.4 is 10.1 Å². The number of fused-ring (bicyclic) bond motifs is 1. The van der Waals surface area contributed by atoms with E-state index in [2.05, 4.69) is 17.9 Å². The largest absolute Gasteiger partial charge is 0.457 e. The van der Waals surface area contributed by atoms with Gasteiger partial charge >= 0.3 is 12.3 Å². The van der Waals surface area contributed by atoms with Gasteiger partial charge in [-0.05, 0) is 52.7 Å². The minimum Gasteiger partial charge on any atom is -0.457 e. The van der Waals surface area contributed by atoms with Gasteiger partial charge in [-0.25, -0.2) is 4.79 Å². The van der Waals surface area contributed by atoms with E-state index in [0.29, 0.717) is 5.75 Å². The van der Waals surface area contributed by atoms with Crippen molar-refractivity contribution in [2.45, 2.75) is 11.0 Å². The standard InChI is InChI=1S/C20H14F3NO3S/c21-20(22,23)15-2-1-3-16(10-15)27-17-7-5-12-8-14(6-4-13(12)9-17)19(28)11-26-18(25)24-19/h1-10,28H,11H2,(H,24,25)/t19-/m0/s1. The lowest BCUT2D eigenvalue weighted by molar-refractivity contribution is -0.137. The van der Waals surface area contributed by atoms with Gasteiger partial charge in [-0.15, -0.1) is 12.6 Å². The van der Waals surface area contributed by atoms with E-state index in [1.165, 1.54) is 12.1 Å². The van der Waals surface area contributed by atoms with E-state index in [0.717, 1.165) is 28.5 Å². The van der Waals surface area contributed by atoms with Crippen LogP contribution in [0.5, 0.6) is 11.5 Å². The van der Waals surface area contributed by atoms with Crippen molar-refractivity contribution in [3.05, 3.63) is 71.8 Å². The molecule has 0 spiro atoms. The number of carbonyl (C=O) groups excluding carboxylic acids is 1. The number of hydrogen-bond acceptors (Lipinski definition) is 4. The molecule has 1 amide bonds. The summed E-state index contributed by atoms with van der Waals surface area (Å²) in [4.78, 5) is 10.4. The van der Waals surface area contributed by atoms with Crippen LogP contribution in [0.25, 0.3) is 10.8 Å². The molecule has 1 N–H and O–H groups in total. The fraction of sp³-hybridized carbons (Fsp3) is 0.150. The molecule has 4 nitrogen and oxygen atoms in total. The summed E-state index contributed by atoms with van der Waals surface area (Å²) in [5, 5.41) is 4.35. The fourth-order valence-corrected chi connectivity index (χ4v) is 3.28. The SMILES string of the molecule is O=C1N[C@@](S)(c2ccc3cc(Oc4cccc(C(F)(F)F)c4)ccc3c2)CO1. The highest BCUT2D eigenvalue weighted by Crippen LogP contribution is 2.35. The number of ether oxygens (including phenoxy) is 2. The number of carbonyl (C=O) groups is 1. The van der Waals surface area contributed by atoms with Crippen LogP contribution in [-0.4, -0.2) is 12.7 Å². The molecule has 144 valence electrons. The van der Waals surface area contributed by atoms with Crippen LogP contribution in [0.15, 0.2) is 60.7 Å². The fourth-order valence-electron chi connectivity index (χ4n) is 2.98. The highest BCUT2D eigenvalue weighted by Gasteiger charge is 2.37. The molecule has 0 saturated carbocycles. The smallest absolute Gasteiger partial charge is 0.416 e. The van der Waals surface area contributed by atoms with Gasteiger partial charge in [-0.2, -0.15) is 13.2 Å². The minimum absolute atomic E-state index is 0.103. The van der Waals surface area contributed by atoms with Gasteiger partial charge in [0.2, 0.25) is 0 Å². The predicted molar refractivity (Wildman–Crippen MR) is 101 cm³/mol. The van der Waals surface area contributed by atoms with Crippen molar-refractivity contribution < 1.29 is 27.4 Å². The number of cyclic esters (lactones) is 1. The second-order valence-corrected chi connectivity index (χ2v) is 7.18. The van der Waals surface area contributed by atoms with Crippen LogP contribution >= 0.6 is 12.6 Å². The Morgan fingerprint density at radius 1 is 1.00 bits per heavy atom. The topological polar surface area (TPSA) is 47.6 Å². The lowest BCUT2D eigenvalue weighted by atomic mass is 10.0. The van der Waals surface area contributed by atoms with E-state index < -0.39 is 22.7 Å². The normalized spacial score (nSPS) is 19.4. The molecule has 3 aromatic rings. The number of thiol groups is 1. The molecule has 1 aliphatic heterocycles. The molecule has 0 aromatic heterocycles. The third-order valence-corrected chi connectivity index (χ3v) is 4.91. The number of halogens is 3. The number of amides is 1. The Labute approximate surface area is 163 Å². The molecule has 1 heterocycles. The van der Waals surface area contributed by atoms with E-state index in [1.807, 2.05) is 12.1 Å². The molecular formula is C20H14F3NO3S. The van der Waals surface area contributed by atoms with Crippen molar-refractivity contribution in [1.82, 2.24) is 5.32 Å². The zero-order valence-electron chi connectivity index (χ0n) is 14.3. The van der Waals surface area contributed by atoms with E-state index in [-0.39, 0.29) is 12.4 Å². The van der Waals surface area contributed by atoms with E-state index in [4.69, 9.17) is 9.47 Å². The van der Waals surface area contributed by atoms with Gasteiger partial charge in [-0.1, -0.05) is 24.3 Å². The zero-order chi connectivity index (χ0) is 19.9. The van der Waals surface area contributed by atoms with Crippen molar-refractivity contribution in [3.63, 3.8) is 0 Å². The second-order valence-electron chi connectivity index (χ2n) is 6.41. The zero-order valence-corrected chi connectivity index (χ0v) is 15.2. The maximum absolute atomic E-state index is 12.8. The number of nitrogens with one attached hydrogen (secondary N) is 1. The Bertz CT molecular complexity index is 1070. The molecule has 8 heteroatoms. The predicted octanol–water partition coefficient (Wildman–Crippen LogP) is 5.47. The summed E-state index contributed by atoms with van der Waals surface area (Å²) < 4.78 is 49.0. The van der Waals surface area contributed by atoms with Crippen LogP contribution in [0.2, 0.25) is 0 Å². The number of benzene rings is 3. The van der Waals surface area contributed by atoms with Crippen molar-refractivity contribution in [3.8, 4) is 11.5 Å². The van der Waals surface area contributed by atoms with E-state index in [1.54, 1.807) is 24.3 Å². The molecule has 0 unspecified atom stereocenters. The summed E-state index contributed by atoms with van der Waals surface area (Å²) >= 11 is 4.50. The first-order valence-electron chi connectivity index (χ1n) is 8.30. The molecular weight excluding hydrogens is 391 g/mol. The third-order valence-electron chi connectivity index (χ3n) is 4.41. The lowest BCUT2D eigenvalue weighted by Crippen LogP contribution is -2.34. The molecule has 3 aromatic carbocycles. The quantitative estimate of drug-likeness (QED) is 0.568. The van der Waals surface area contributed by atoms with E-state index >= 15 is 0 Å². The molecule has 0 bridgehead atoms. The van der Waals surface area contributed by atoms with Crippen LogP contribution in [0, 0.1) is 0 Å². The van der Waals surface area contributed by atoms with Gasteiger partial charge in [0.1, 0.15) is 23.0 Å². The number of hydrogen-bond donors (Lipinski definition) is 2. The van der Waals surface area contributed by atoms with Gasteiger partial charge in [-0.3, -0.25) is 5.32 Å². The number of rotatable bonds is 3. The highest BCUT2D eigenvalue weighted by molar-refractivity contribution is 7.81. The van der Waals surface area contributed by atoms with Crippen molar-refractivity contribution in [1.29, 1.82) is 0 Å². The van der Waals surface area contributed by atoms with Gasteiger partial charge < -0.3 is 9.47 Å². The molecule has 28 heavy (non-hydrogen) atoms. The minimum atomic E-state index is -4.43. The Morgan fingerprint density at radius 2 is 1.71 bits per heavy atom. The molecule has 4 rings (SSSR count). The molecule has 1 fully saturated rings. The maximum atomic E-state index is 12.8. The number of alkyl carbamates (subject to hydrolysis) is 1. The van der Waals surface area contributed by atoms with Crippen LogP contribution in [0.4, 0.5) is 18.0 Å². The van der Waals surface area contributed by atoms with Gasteiger partial charge in [0.25, 0.3) is 0 Å². The van der Waals surface area contributed by atoms with Crippen molar-refractivity contribution >= 4 is 29.5 Å². The van der Waals surface area contributed by atoms with Crippen molar-refractivity contribution in [2.75, 3.05) is 6.61 Å². The first kappa shape index (κ1) is 18.5. The third kappa shape index (κ3) is 3.60. The Balaban J connectivity index is 1.61. The molecule has 1 aliphatic rings. The van der Waals surface area contributed by atoms with Gasteiger partial charge in [0.15, 0.2) is 0 Å². The average Bonchev–Trinajstić information content (AvgIpc) is 3.01. The summed E-state index contributed by atoms with van der Waals surface area (Å²) in [5.74, 6) is 0.517. The summed E-state index contributed by atoms with van der Waals surface area (Å²) in [6.07, 6.45) is -4.96. The lowest BCUT2D eigenvalue weighted by Gasteiger charge is -2.21. The van der Waals surface area contributed by atoms with E-state index in [9.17, 15) is 18.0 Å². The average molecular weight is 405 g/mol. The first-order chi connectivity index (χ1) is 13.2. The first-order valence-corrected chi connectivity index (χ1v) is 8.74. The highest BCUT2D eigenvalue weighted by atomic mass is 32.1. The van der Waals surface area contributed by atoms with Crippen LogP contribution in [0.3, 0.4) is 0 Å². The Morgan fingerprint density at radius 3 is 2.43 bits per heavy atom. The van der Waals surface area contributed by atoms with Crippen molar-refractivity contribution in [2.24, 2.45) is 0 Å². The number of alkyl halides is 3. The second kappa shape index (κ2) is 6.63. The van der Waals surface area contributed by atoms with Gasteiger partial charge in [0.05, 0.1) is 5.56 Å². The molecule has 1 atom stereocenters. The van der Waals surface area contributed by atoms with Crippen LogP contribution in [0.1, 0.15) is 11.1 Å². The van der Waals surface area contributed by atoms with Crippen LogP contribution in [-0.2, 0) is 15.8 Å². The Hall–Kier alpha value is -2.87. The molecule has 1 saturated heterocycles. The Kier molecular flexibility index (Phi) is 4.38. The maximum Gasteiger partial charge on any atom is 0.416 e. The molecule has 0 radical (unpaired) electrons. The molecule has 0 aliphatic carbocycles.